The maximum atomic E-state index is 11.8. The largest absolute Gasteiger partial charge is 0.482 e. The lowest BCUT2D eigenvalue weighted by Crippen LogP contribution is -2.16. The molecule has 3 rings (SSSR count). The minimum Gasteiger partial charge on any atom is -0.482 e. The lowest BCUT2D eigenvalue weighted by Gasteiger charge is -2.10. The monoisotopic (exact) mass is 365 g/mol. The number of carbonyl (C=O) groups is 1. The molecular weight excluding hydrogens is 346 g/mol. The van der Waals surface area contributed by atoms with Crippen LogP contribution in [-0.2, 0) is 16.1 Å². The van der Waals surface area contributed by atoms with E-state index < -0.39 is 5.97 Å². The van der Waals surface area contributed by atoms with Gasteiger partial charge in [-0.1, -0.05) is 36.4 Å². The predicted molar refractivity (Wildman–Crippen MR) is 100 cm³/mol. The van der Waals surface area contributed by atoms with Crippen LogP contribution >= 0.6 is 0 Å². The highest BCUT2D eigenvalue weighted by Gasteiger charge is 2.10. The second-order valence-electron chi connectivity index (χ2n) is 5.64. The molecule has 0 radical (unpaired) electrons. The number of nitrogen functional groups attached to an aromatic ring is 1. The van der Waals surface area contributed by atoms with Crippen molar-refractivity contribution in [3.63, 3.8) is 0 Å². The van der Waals surface area contributed by atoms with E-state index in [2.05, 4.69) is 20.3 Å². The molecule has 0 bridgehead atoms. The second kappa shape index (κ2) is 8.61. The van der Waals surface area contributed by atoms with Crippen LogP contribution in [0, 0.1) is 6.92 Å². The molecule has 0 unspecified atom stereocenters. The summed E-state index contributed by atoms with van der Waals surface area (Å²) in [7, 11) is 0. The summed E-state index contributed by atoms with van der Waals surface area (Å²) in [5, 5.41) is 3.08. The molecule has 3 aromatic rings. The zero-order chi connectivity index (χ0) is 19.1. The standard InChI is InChI=1S/C19H19N5O3/c1-13-7-5-6-10-15(13)21-19-23-16(22-18(20)24-19)11-27-17(25)12-26-14-8-3-2-4-9-14/h2-10H,11-12H2,1H3,(H3,20,21,22,23,24). The topological polar surface area (TPSA) is 112 Å². The van der Waals surface area contributed by atoms with Gasteiger partial charge in [0.15, 0.2) is 19.0 Å². The van der Waals surface area contributed by atoms with Crippen molar-refractivity contribution < 1.29 is 14.3 Å². The number of nitrogens with zero attached hydrogens (tertiary/aromatic N) is 3. The molecule has 3 N–H and O–H groups in total. The number of rotatable bonds is 7. The molecule has 138 valence electrons. The number of anilines is 3. The zero-order valence-electron chi connectivity index (χ0n) is 14.8. The number of esters is 1. The summed E-state index contributed by atoms with van der Waals surface area (Å²) in [6.07, 6.45) is 0. The first kappa shape index (κ1) is 18.1. The summed E-state index contributed by atoms with van der Waals surface area (Å²) in [6.45, 7) is 1.62. The number of benzene rings is 2. The molecule has 0 saturated carbocycles. The van der Waals surface area contributed by atoms with Gasteiger partial charge in [-0.05, 0) is 30.7 Å². The summed E-state index contributed by atoms with van der Waals surface area (Å²) in [5.41, 5.74) is 7.60. The van der Waals surface area contributed by atoms with E-state index in [9.17, 15) is 4.79 Å². The van der Waals surface area contributed by atoms with E-state index in [1.54, 1.807) is 12.1 Å². The van der Waals surface area contributed by atoms with E-state index in [1.807, 2.05) is 49.4 Å². The highest BCUT2D eigenvalue weighted by atomic mass is 16.6. The van der Waals surface area contributed by atoms with Gasteiger partial charge in [-0.25, -0.2) is 4.79 Å². The molecule has 0 amide bonds. The van der Waals surface area contributed by atoms with Crippen LogP contribution in [0.3, 0.4) is 0 Å². The van der Waals surface area contributed by atoms with E-state index in [0.29, 0.717) is 5.75 Å². The number of aromatic nitrogens is 3. The summed E-state index contributed by atoms with van der Waals surface area (Å²) in [6, 6.07) is 16.7. The first-order valence-electron chi connectivity index (χ1n) is 8.27. The van der Waals surface area contributed by atoms with Crippen molar-refractivity contribution in [3.8, 4) is 5.75 Å². The number of carbonyl (C=O) groups excluding carboxylic acids is 1. The van der Waals surface area contributed by atoms with Crippen LogP contribution in [-0.4, -0.2) is 27.5 Å². The van der Waals surface area contributed by atoms with Crippen molar-refractivity contribution in [1.82, 2.24) is 15.0 Å². The number of hydrogen-bond donors (Lipinski definition) is 2. The molecule has 1 heterocycles. The minimum atomic E-state index is -0.536. The van der Waals surface area contributed by atoms with Crippen molar-refractivity contribution in [2.24, 2.45) is 0 Å². The summed E-state index contributed by atoms with van der Waals surface area (Å²) >= 11 is 0. The van der Waals surface area contributed by atoms with Gasteiger partial charge in [-0.2, -0.15) is 15.0 Å². The SMILES string of the molecule is Cc1ccccc1Nc1nc(N)nc(COC(=O)COc2ccccc2)n1. The molecule has 0 aliphatic heterocycles. The van der Waals surface area contributed by atoms with E-state index in [0.717, 1.165) is 11.3 Å². The number of aryl methyl sites for hydroxylation is 1. The fourth-order valence-electron chi connectivity index (χ4n) is 2.24. The lowest BCUT2D eigenvalue weighted by molar-refractivity contribution is -0.147. The molecule has 0 atom stereocenters. The molecule has 0 aliphatic carbocycles. The van der Waals surface area contributed by atoms with E-state index >= 15 is 0 Å². The first-order valence-corrected chi connectivity index (χ1v) is 8.27. The Morgan fingerprint density at radius 3 is 2.56 bits per heavy atom. The highest BCUT2D eigenvalue weighted by Crippen LogP contribution is 2.18. The van der Waals surface area contributed by atoms with Crippen molar-refractivity contribution >= 4 is 23.6 Å². The van der Waals surface area contributed by atoms with Gasteiger partial charge in [0, 0.05) is 5.69 Å². The number of nitrogens with two attached hydrogens (primary N) is 1. The Bertz CT molecular complexity index is 918. The Kier molecular flexibility index (Phi) is 5.78. The van der Waals surface area contributed by atoms with Gasteiger partial charge in [-0.3, -0.25) is 0 Å². The number of hydrogen-bond acceptors (Lipinski definition) is 8. The smallest absolute Gasteiger partial charge is 0.344 e. The lowest BCUT2D eigenvalue weighted by atomic mass is 10.2. The molecular formula is C19H19N5O3. The van der Waals surface area contributed by atoms with Gasteiger partial charge in [0.2, 0.25) is 11.9 Å². The Hall–Kier alpha value is -3.68. The average molecular weight is 365 g/mol. The Morgan fingerprint density at radius 2 is 1.78 bits per heavy atom. The molecule has 0 spiro atoms. The summed E-state index contributed by atoms with van der Waals surface area (Å²) in [4.78, 5) is 24.1. The van der Waals surface area contributed by atoms with Gasteiger partial charge >= 0.3 is 5.97 Å². The van der Waals surface area contributed by atoms with Gasteiger partial charge in [-0.15, -0.1) is 0 Å². The molecule has 0 aliphatic rings. The maximum absolute atomic E-state index is 11.8. The van der Waals surface area contributed by atoms with Crippen LogP contribution in [0.15, 0.2) is 54.6 Å². The van der Waals surface area contributed by atoms with E-state index in [4.69, 9.17) is 15.2 Å². The quantitative estimate of drug-likeness (QED) is 0.615. The molecule has 0 fully saturated rings. The Balaban J connectivity index is 1.57. The number of ether oxygens (including phenoxy) is 2. The van der Waals surface area contributed by atoms with Crippen LogP contribution in [0.4, 0.5) is 17.6 Å². The van der Waals surface area contributed by atoms with Crippen molar-refractivity contribution in [3.05, 3.63) is 66.0 Å². The maximum Gasteiger partial charge on any atom is 0.344 e. The average Bonchev–Trinajstić information content (AvgIpc) is 2.67. The highest BCUT2D eigenvalue weighted by molar-refractivity contribution is 5.71. The predicted octanol–water partition coefficient (Wildman–Crippen LogP) is 2.63. The van der Waals surface area contributed by atoms with E-state index in [-0.39, 0.29) is 30.9 Å². The summed E-state index contributed by atoms with van der Waals surface area (Å²) < 4.78 is 10.5. The minimum absolute atomic E-state index is 0.0349. The number of para-hydroxylation sites is 2. The molecule has 8 heteroatoms. The van der Waals surface area contributed by atoms with Crippen LogP contribution in [0.2, 0.25) is 0 Å². The van der Waals surface area contributed by atoms with Crippen molar-refractivity contribution in [1.29, 1.82) is 0 Å². The zero-order valence-corrected chi connectivity index (χ0v) is 14.8. The van der Waals surface area contributed by atoms with Gasteiger partial charge in [0.1, 0.15) is 5.75 Å². The normalized spacial score (nSPS) is 10.3. The third-order valence-electron chi connectivity index (χ3n) is 3.55. The third-order valence-corrected chi connectivity index (χ3v) is 3.55. The molecule has 8 nitrogen and oxygen atoms in total. The van der Waals surface area contributed by atoms with E-state index in [1.165, 1.54) is 0 Å². The fourth-order valence-corrected chi connectivity index (χ4v) is 2.24. The van der Waals surface area contributed by atoms with Crippen LogP contribution in [0.25, 0.3) is 0 Å². The number of nitrogens with one attached hydrogen (secondary N) is 1. The van der Waals surface area contributed by atoms with Gasteiger partial charge in [0.25, 0.3) is 0 Å². The second-order valence-corrected chi connectivity index (χ2v) is 5.64. The molecule has 1 aromatic heterocycles. The van der Waals surface area contributed by atoms with Crippen LogP contribution in [0.1, 0.15) is 11.4 Å². The first-order chi connectivity index (χ1) is 13.1. The Morgan fingerprint density at radius 1 is 1.04 bits per heavy atom. The molecule has 0 saturated heterocycles. The molecule has 27 heavy (non-hydrogen) atoms. The molecule has 2 aromatic carbocycles. The van der Waals surface area contributed by atoms with Gasteiger partial charge in [0.05, 0.1) is 0 Å². The van der Waals surface area contributed by atoms with Crippen molar-refractivity contribution in [2.75, 3.05) is 17.7 Å². The third kappa shape index (κ3) is 5.40. The summed E-state index contributed by atoms with van der Waals surface area (Å²) in [5.74, 6) is 0.609. The van der Waals surface area contributed by atoms with Gasteiger partial charge < -0.3 is 20.5 Å². The fraction of sp³-hybridized carbons (Fsp3) is 0.158. The van der Waals surface area contributed by atoms with Crippen LogP contribution in [0.5, 0.6) is 5.75 Å². The van der Waals surface area contributed by atoms with Crippen molar-refractivity contribution in [2.45, 2.75) is 13.5 Å². The Labute approximate surface area is 156 Å². The van der Waals surface area contributed by atoms with Crippen LogP contribution < -0.4 is 15.8 Å².